The normalized spacial score (nSPS) is 38.3. The second-order valence-corrected chi connectivity index (χ2v) is 6.35. The first-order valence-electron chi connectivity index (χ1n) is 7.79. The van der Waals surface area contributed by atoms with E-state index in [0.717, 1.165) is 32.1 Å². The van der Waals surface area contributed by atoms with Crippen LogP contribution in [0.2, 0.25) is 0 Å². The van der Waals surface area contributed by atoms with Crippen molar-refractivity contribution in [3.63, 3.8) is 0 Å². The fraction of sp³-hybridized carbons (Fsp3) is 0.867. The Balaban J connectivity index is 1.76. The van der Waals surface area contributed by atoms with Crippen LogP contribution in [0, 0.1) is 11.8 Å². The Labute approximate surface area is 114 Å². The van der Waals surface area contributed by atoms with Crippen LogP contribution in [0.1, 0.15) is 52.4 Å². The Morgan fingerprint density at radius 3 is 2.58 bits per heavy atom. The number of piperazine rings is 1. The Kier molecular flexibility index (Phi) is 3.27. The minimum Gasteiger partial charge on any atom is -0.342 e. The highest BCUT2D eigenvalue weighted by Crippen LogP contribution is 2.43. The molecule has 4 nitrogen and oxygen atoms in total. The molecule has 4 heteroatoms. The maximum absolute atomic E-state index is 12.7. The van der Waals surface area contributed by atoms with Gasteiger partial charge in [0.25, 0.3) is 0 Å². The molecule has 2 saturated carbocycles. The molecule has 4 unspecified atom stereocenters. The molecule has 3 fully saturated rings. The van der Waals surface area contributed by atoms with E-state index in [1.807, 2.05) is 11.8 Å². The second kappa shape index (κ2) is 4.80. The van der Waals surface area contributed by atoms with E-state index in [0.29, 0.717) is 17.9 Å². The van der Waals surface area contributed by atoms with Gasteiger partial charge in [-0.05, 0) is 43.9 Å². The van der Waals surface area contributed by atoms with Crippen molar-refractivity contribution in [2.45, 2.75) is 70.5 Å². The van der Waals surface area contributed by atoms with Gasteiger partial charge in [-0.1, -0.05) is 20.3 Å². The van der Waals surface area contributed by atoms with Gasteiger partial charge in [-0.2, -0.15) is 0 Å². The van der Waals surface area contributed by atoms with E-state index in [2.05, 4.69) is 12.2 Å². The summed E-state index contributed by atoms with van der Waals surface area (Å²) in [5.74, 6) is 1.30. The molecule has 0 bridgehead atoms. The highest BCUT2D eigenvalue weighted by Gasteiger charge is 2.53. The Morgan fingerprint density at radius 1 is 1.26 bits per heavy atom. The molecule has 0 aromatic heterocycles. The zero-order valence-corrected chi connectivity index (χ0v) is 11.9. The summed E-state index contributed by atoms with van der Waals surface area (Å²) in [5, 5.41) is 2.96. The first-order valence-corrected chi connectivity index (χ1v) is 7.79. The summed E-state index contributed by atoms with van der Waals surface area (Å²) < 4.78 is 0. The first kappa shape index (κ1) is 12.9. The molecule has 0 aromatic carbocycles. The van der Waals surface area contributed by atoms with Crippen LogP contribution in [0.15, 0.2) is 0 Å². The van der Waals surface area contributed by atoms with E-state index < -0.39 is 0 Å². The fourth-order valence-electron chi connectivity index (χ4n) is 3.53. The van der Waals surface area contributed by atoms with E-state index >= 15 is 0 Å². The summed E-state index contributed by atoms with van der Waals surface area (Å²) in [7, 11) is 0. The first-order chi connectivity index (χ1) is 9.17. The third-order valence-corrected chi connectivity index (χ3v) is 4.84. The van der Waals surface area contributed by atoms with E-state index in [-0.39, 0.29) is 23.9 Å². The maximum Gasteiger partial charge on any atom is 0.246 e. The largest absolute Gasteiger partial charge is 0.342 e. The maximum atomic E-state index is 12.7. The number of hydrogen-bond donors (Lipinski definition) is 1. The summed E-state index contributed by atoms with van der Waals surface area (Å²) in [6, 6.07) is -0.114. The predicted octanol–water partition coefficient (Wildman–Crippen LogP) is 1.69. The lowest BCUT2D eigenvalue weighted by atomic mass is 10.0. The number of hydrogen-bond acceptors (Lipinski definition) is 2. The molecular formula is C15H24N2O2. The average molecular weight is 264 g/mol. The minimum atomic E-state index is -0.227. The molecular weight excluding hydrogens is 240 g/mol. The molecule has 3 rings (SSSR count). The molecule has 0 aromatic rings. The Hall–Kier alpha value is -1.06. The molecule has 2 aliphatic carbocycles. The molecule has 1 heterocycles. The van der Waals surface area contributed by atoms with Gasteiger partial charge in [-0.25, -0.2) is 0 Å². The third kappa shape index (κ3) is 2.26. The highest BCUT2D eigenvalue weighted by molar-refractivity contribution is 5.97. The molecule has 1 saturated heterocycles. The molecule has 3 aliphatic rings. The molecule has 1 N–H and O–H groups in total. The van der Waals surface area contributed by atoms with Crippen LogP contribution >= 0.6 is 0 Å². The quantitative estimate of drug-likeness (QED) is 0.821. The van der Waals surface area contributed by atoms with Gasteiger partial charge in [-0.3, -0.25) is 9.59 Å². The van der Waals surface area contributed by atoms with Crippen LogP contribution in [0.5, 0.6) is 0 Å². The summed E-state index contributed by atoms with van der Waals surface area (Å²) in [5.41, 5.74) is 0. The van der Waals surface area contributed by atoms with Gasteiger partial charge in [0.1, 0.15) is 12.1 Å². The van der Waals surface area contributed by atoms with Crippen LogP contribution in [0.25, 0.3) is 0 Å². The van der Waals surface area contributed by atoms with Gasteiger partial charge >= 0.3 is 0 Å². The van der Waals surface area contributed by atoms with Crippen LogP contribution in [0.4, 0.5) is 0 Å². The molecule has 19 heavy (non-hydrogen) atoms. The van der Waals surface area contributed by atoms with Crippen LogP contribution in [0.3, 0.4) is 0 Å². The van der Waals surface area contributed by atoms with Crippen molar-refractivity contribution in [1.82, 2.24) is 10.2 Å². The van der Waals surface area contributed by atoms with Crippen molar-refractivity contribution in [3.8, 4) is 0 Å². The van der Waals surface area contributed by atoms with Crippen molar-refractivity contribution in [3.05, 3.63) is 0 Å². The van der Waals surface area contributed by atoms with Gasteiger partial charge in [0.15, 0.2) is 0 Å². The number of nitrogens with zero attached hydrogens (tertiary/aromatic N) is 1. The van der Waals surface area contributed by atoms with Crippen molar-refractivity contribution in [1.29, 1.82) is 0 Å². The van der Waals surface area contributed by atoms with Crippen LogP contribution in [-0.4, -0.2) is 34.8 Å². The summed E-state index contributed by atoms with van der Waals surface area (Å²) >= 11 is 0. The third-order valence-electron chi connectivity index (χ3n) is 4.84. The minimum absolute atomic E-state index is 0.0705. The second-order valence-electron chi connectivity index (χ2n) is 6.35. The number of amides is 2. The zero-order valence-electron chi connectivity index (χ0n) is 11.9. The Morgan fingerprint density at radius 2 is 2.00 bits per heavy atom. The number of carbonyl (C=O) groups excluding carboxylic acids is 2. The van der Waals surface area contributed by atoms with E-state index in [1.54, 1.807) is 0 Å². The Bertz CT molecular complexity index is 392. The molecule has 0 radical (unpaired) electrons. The van der Waals surface area contributed by atoms with Crippen LogP contribution < -0.4 is 5.32 Å². The van der Waals surface area contributed by atoms with Crippen molar-refractivity contribution in [2.75, 3.05) is 0 Å². The van der Waals surface area contributed by atoms with Gasteiger partial charge in [0.05, 0.1) is 0 Å². The number of rotatable bonds is 5. The van der Waals surface area contributed by atoms with Crippen LogP contribution in [-0.2, 0) is 9.59 Å². The fourth-order valence-corrected chi connectivity index (χ4v) is 3.53. The molecule has 4 atom stereocenters. The van der Waals surface area contributed by atoms with Crippen molar-refractivity contribution < 1.29 is 9.59 Å². The molecule has 1 aliphatic heterocycles. The lowest BCUT2D eigenvalue weighted by molar-refractivity contribution is -0.151. The summed E-state index contributed by atoms with van der Waals surface area (Å²) in [6.07, 6.45) is 6.35. The van der Waals surface area contributed by atoms with Gasteiger partial charge in [0, 0.05) is 6.04 Å². The van der Waals surface area contributed by atoms with Gasteiger partial charge in [0.2, 0.25) is 11.8 Å². The summed E-state index contributed by atoms with van der Waals surface area (Å²) in [4.78, 5) is 26.8. The van der Waals surface area contributed by atoms with Gasteiger partial charge < -0.3 is 10.2 Å². The number of nitrogens with one attached hydrogen (secondary N) is 1. The van der Waals surface area contributed by atoms with Crippen molar-refractivity contribution >= 4 is 11.8 Å². The van der Waals surface area contributed by atoms with E-state index in [1.165, 1.54) is 6.42 Å². The standard InChI is InChI=1S/C15H24N2O2/c1-3-5-10-8-12(10)17-11(4-2)14(18)16-13(15(17)19)9-6-7-9/h9-13H,3-8H2,1-2H3,(H,16,18). The smallest absolute Gasteiger partial charge is 0.246 e. The topological polar surface area (TPSA) is 49.4 Å². The molecule has 106 valence electrons. The monoisotopic (exact) mass is 264 g/mol. The lowest BCUT2D eigenvalue weighted by Crippen LogP contribution is -2.64. The average Bonchev–Trinajstić information content (AvgIpc) is 3.25. The zero-order chi connectivity index (χ0) is 13.6. The van der Waals surface area contributed by atoms with E-state index in [9.17, 15) is 9.59 Å². The van der Waals surface area contributed by atoms with Crippen molar-refractivity contribution in [2.24, 2.45) is 11.8 Å². The molecule has 0 spiro atoms. The van der Waals surface area contributed by atoms with Gasteiger partial charge in [-0.15, -0.1) is 0 Å². The lowest BCUT2D eigenvalue weighted by Gasteiger charge is -2.39. The number of carbonyl (C=O) groups is 2. The SMILES string of the molecule is CCCC1CC1N1C(=O)C(C2CC2)NC(=O)C1CC. The molecule has 2 amide bonds. The highest BCUT2D eigenvalue weighted by atomic mass is 16.2. The summed E-state index contributed by atoms with van der Waals surface area (Å²) in [6.45, 7) is 4.18. The van der Waals surface area contributed by atoms with E-state index in [4.69, 9.17) is 0 Å². The predicted molar refractivity (Wildman–Crippen MR) is 72.4 cm³/mol.